The Hall–Kier alpha value is -4.14. The van der Waals surface area contributed by atoms with Crippen molar-refractivity contribution in [1.29, 1.82) is 0 Å². The number of amides is 3. The molecule has 2 aromatic carbocycles. The van der Waals surface area contributed by atoms with Gasteiger partial charge in [-0.15, -0.1) is 0 Å². The number of anilines is 2. The highest BCUT2D eigenvalue weighted by Crippen LogP contribution is 2.25. The molecule has 0 radical (unpaired) electrons. The van der Waals surface area contributed by atoms with Crippen LogP contribution in [0.4, 0.5) is 11.4 Å². The van der Waals surface area contributed by atoms with E-state index < -0.39 is 5.91 Å². The van der Waals surface area contributed by atoms with Gasteiger partial charge in [0.2, 0.25) is 12.3 Å². The fourth-order valence-corrected chi connectivity index (χ4v) is 4.38. The summed E-state index contributed by atoms with van der Waals surface area (Å²) >= 11 is 0. The summed E-state index contributed by atoms with van der Waals surface area (Å²) in [7, 11) is 1.59. The van der Waals surface area contributed by atoms with Crippen LogP contribution in [0.15, 0.2) is 48.5 Å². The number of rotatable bonds is 9. The zero-order chi connectivity index (χ0) is 24.9. The Morgan fingerprint density at radius 3 is 2.40 bits per heavy atom. The minimum Gasteiger partial charge on any atom is -0.497 e. The Morgan fingerprint density at radius 2 is 1.80 bits per heavy atom. The topological polar surface area (TPSA) is 111 Å². The van der Waals surface area contributed by atoms with Gasteiger partial charge in [0.05, 0.1) is 12.8 Å². The summed E-state index contributed by atoms with van der Waals surface area (Å²) in [6, 6.07) is 14.7. The molecule has 2 N–H and O–H groups in total. The van der Waals surface area contributed by atoms with Crippen LogP contribution < -0.4 is 20.3 Å². The smallest absolute Gasteiger partial charge is 0.269 e. The summed E-state index contributed by atoms with van der Waals surface area (Å²) < 4.78 is 6.88. The predicted octanol–water partition coefficient (Wildman–Crippen LogP) is 3.01. The van der Waals surface area contributed by atoms with E-state index in [9.17, 15) is 14.4 Å². The number of ether oxygens (including phenoxy) is 1. The molecule has 1 saturated heterocycles. The maximum atomic E-state index is 12.2. The molecule has 3 aromatic rings. The van der Waals surface area contributed by atoms with Crippen molar-refractivity contribution < 1.29 is 19.1 Å². The summed E-state index contributed by atoms with van der Waals surface area (Å²) in [6.45, 7) is 2.92. The zero-order valence-electron chi connectivity index (χ0n) is 19.9. The van der Waals surface area contributed by atoms with E-state index in [0.29, 0.717) is 42.9 Å². The van der Waals surface area contributed by atoms with E-state index in [1.807, 2.05) is 55.5 Å². The highest BCUT2D eigenvalue weighted by atomic mass is 16.5. The van der Waals surface area contributed by atoms with Crippen LogP contribution in [0, 0.1) is 6.92 Å². The largest absolute Gasteiger partial charge is 0.497 e. The second kappa shape index (κ2) is 10.4. The number of methoxy groups -OCH3 is 1. The van der Waals surface area contributed by atoms with Crippen molar-refractivity contribution in [1.82, 2.24) is 9.78 Å². The molecule has 1 aliphatic heterocycles. The second-order valence-electron chi connectivity index (χ2n) is 8.45. The lowest BCUT2D eigenvalue weighted by atomic mass is 10.1. The summed E-state index contributed by atoms with van der Waals surface area (Å²) in [4.78, 5) is 39.6. The molecule has 35 heavy (non-hydrogen) atoms. The Morgan fingerprint density at radius 1 is 1.11 bits per heavy atom. The van der Waals surface area contributed by atoms with Crippen LogP contribution in [-0.2, 0) is 16.0 Å². The SMILES string of the molecule is COc1ccc(-n2nc(C(N)=O)c(CCN(C=O)c3ccc(N4CCCCC4=O)cc3)c2C)cc1. The molecule has 0 atom stereocenters. The minimum atomic E-state index is -0.622. The Bertz CT molecular complexity index is 1220. The van der Waals surface area contributed by atoms with Crippen LogP contribution >= 0.6 is 0 Å². The van der Waals surface area contributed by atoms with Gasteiger partial charge in [0, 0.05) is 42.1 Å². The van der Waals surface area contributed by atoms with Crippen LogP contribution in [0.5, 0.6) is 5.75 Å². The number of hydrogen-bond acceptors (Lipinski definition) is 5. The van der Waals surface area contributed by atoms with Gasteiger partial charge in [-0.25, -0.2) is 4.68 Å². The molecule has 182 valence electrons. The minimum absolute atomic E-state index is 0.125. The van der Waals surface area contributed by atoms with E-state index in [0.717, 1.165) is 36.3 Å². The van der Waals surface area contributed by atoms with E-state index in [1.165, 1.54) is 0 Å². The highest BCUT2D eigenvalue weighted by Gasteiger charge is 2.22. The summed E-state index contributed by atoms with van der Waals surface area (Å²) in [5.74, 6) is 0.217. The van der Waals surface area contributed by atoms with Crippen molar-refractivity contribution in [2.45, 2.75) is 32.6 Å². The summed E-state index contributed by atoms with van der Waals surface area (Å²) in [5, 5.41) is 4.44. The second-order valence-corrected chi connectivity index (χ2v) is 8.45. The first-order valence-corrected chi connectivity index (χ1v) is 11.6. The van der Waals surface area contributed by atoms with Gasteiger partial charge in [0.15, 0.2) is 5.69 Å². The van der Waals surface area contributed by atoms with Gasteiger partial charge in [0.25, 0.3) is 5.91 Å². The van der Waals surface area contributed by atoms with E-state index in [4.69, 9.17) is 10.5 Å². The maximum Gasteiger partial charge on any atom is 0.269 e. The van der Waals surface area contributed by atoms with Crippen molar-refractivity contribution in [2.24, 2.45) is 5.73 Å². The maximum absolute atomic E-state index is 12.2. The van der Waals surface area contributed by atoms with Crippen molar-refractivity contribution in [3.8, 4) is 11.4 Å². The molecule has 4 rings (SSSR count). The molecule has 2 heterocycles. The molecule has 0 unspecified atom stereocenters. The molecule has 0 spiro atoms. The number of carbonyl (C=O) groups excluding carboxylic acids is 3. The summed E-state index contributed by atoms with van der Waals surface area (Å²) in [6.07, 6.45) is 3.63. The Balaban J connectivity index is 1.53. The van der Waals surface area contributed by atoms with Crippen LogP contribution in [0.25, 0.3) is 5.69 Å². The van der Waals surface area contributed by atoms with Crippen LogP contribution in [0.1, 0.15) is 41.0 Å². The van der Waals surface area contributed by atoms with Gasteiger partial charge in [0.1, 0.15) is 5.75 Å². The third-order valence-corrected chi connectivity index (χ3v) is 6.34. The van der Waals surface area contributed by atoms with E-state index in [1.54, 1.807) is 21.6 Å². The van der Waals surface area contributed by atoms with Crippen LogP contribution in [0.2, 0.25) is 0 Å². The third kappa shape index (κ3) is 5.03. The Labute approximate surface area is 204 Å². The fraction of sp³-hybridized carbons (Fsp3) is 0.308. The average Bonchev–Trinajstić information content (AvgIpc) is 3.21. The van der Waals surface area contributed by atoms with Crippen molar-refractivity contribution >= 4 is 29.6 Å². The summed E-state index contributed by atoms with van der Waals surface area (Å²) in [5.41, 5.74) is 9.57. The number of nitrogens with zero attached hydrogens (tertiary/aromatic N) is 4. The number of aromatic nitrogens is 2. The van der Waals surface area contributed by atoms with Crippen LogP contribution in [-0.4, -0.2) is 48.2 Å². The number of nitrogens with two attached hydrogens (primary N) is 1. The van der Waals surface area contributed by atoms with Gasteiger partial charge in [-0.05, 0) is 74.7 Å². The van der Waals surface area contributed by atoms with Gasteiger partial charge < -0.3 is 20.3 Å². The molecule has 0 saturated carbocycles. The molecule has 0 aliphatic carbocycles. The lowest BCUT2D eigenvalue weighted by Crippen LogP contribution is -2.35. The number of primary amides is 1. The van der Waals surface area contributed by atoms with E-state index in [-0.39, 0.29) is 11.6 Å². The fourth-order valence-electron chi connectivity index (χ4n) is 4.38. The normalized spacial score (nSPS) is 13.5. The van der Waals surface area contributed by atoms with Crippen LogP contribution in [0.3, 0.4) is 0 Å². The molecule has 0 bridgehead atoms. The molecular weight excluding hydrogens is 446 g/mol. The van der Waals surface area contributed by atoms with Gasteiger partial charge in [-0.1, -0.05) is 0 Å². The van der Waals surface area contributed by atoms with Crippen molar-refractivity contribution in [3.63, 3.8) is 0 Å². The molecule has 1 fully saturated rings. The number of piperidine rings is 1. The van der Waals surface area contributed by atoms with Gasteiger partial charge >= 0.3 is 0 Å². The standard InChI is InChI=1S/C26H29N5O4/c1-18-23(25(26(27)34)28-31(18)21-10-12-22(35-2)13-11-21)14-16-29(17-32)19-6-8-20(9-7-19)30-15-4-3-5-24(30)33/h6-13,17H,3-5,14-16H2,1-2H3,(H2,27,34). The molecule has 3 amide bonds. The Kier molecular flexibility index (Phi) is 7.14. The molecule has 9 nitrogen and oxygen atoms in total. The number of carbonyl (C=O) groups is 3. The van der Waals surface area contributed by atoms with E-state index >= 15 is 0 Å². The first-order valence-electron chi connectivity index (χ1n) is 11.6. The molecule has 1 aromatic heterocycles. The first-order chi connectivity index (χ1) is 16.9. The molecular formula is C26H29N5O4. The lowest BCUT2D eigenvalue weighted by Gasteiger charge is -2.27. The molecule has 9 heteroatoms. The number of hydrogen-bond donors (Lipinski definition) is 1. The quantitative estimate of drug-likeness (QED) is 0.478. The highest BCUT2D eigenvalue weighted by molar-refractivity contribution is 5.94. The lowest BCUT2D eigenvalue weighted by molar-refractivity contribution is -0.119. The van der Waals surface area contributed by atoms with Gasteiger partial charge in [-0.3, -0.25) is 14.4 Å². The monoisotopic (exact) mass is 475 g/mol. The molecule has 1 aliphatic rings. The predicted molar refractivity (Wildman–Crippen MR) is 133 cm³/mol. The number of benzene rings is 2. The van der Waals surface area contributed by atoms with E-state index in [2.05, 4.69) is 5.10 Å². The van der Waals surface area contributed by atoms with Gasteiger partial charge in [-0.2, -0.15) is 5.10 Å². The average molecular weight is 476 g/mol. The zero-order valence-corrected chi connectivity index (χ0v) is 19.9. The van der Waals surface area contributed by atoms with Crippen molar-refractivity contribution in [2.75, 3.05) is 30.0 Å². The third-order valence-electron chi connectivity index (χ3n) is 6.34. The van der Waals surface area contributed by atoms with Crippen molar-refractivity contribution in [3.05, 3.63) is 65.5 Å². The first kappa shape index (κ1) is 24.0.